The van der Waals surface area contributed by atoms with E-state index < -0.39 is 12.0 Å². The van der Waals surface area contributed by atoms with Crippen LogP contribution in [0.15, 0.2) is 30.3 Å². The van der Waals surface area contributed by atoms with Gasteiger partial charge in [0.25, 0.3) is 0 Å². The van der Waals surface area contributed by atoms with Gasteiger partial charge in [0.15, 0.2) is 0 Å². The highest BCUT2D eigenvalue weighted by Crippen LogP contribution is 2.04. The number of esters is 1. The number of carbonyl (C=O) groups is 2. The molecule has 1 rings (SSSR count). The van der Waals surface area contributed by atoms with Gasteiger partial charge >= 0.3 is 5.97 Å². The first-order valence-electron chi connectivity index (χ1n) is 5.28. The van der Waals surface area contributed by atoms with Crippen LogP contribution in [0.4, 0.5) is 0 Å². The first kappa shape index (κ1) is 16.4. The van der Waals surface area contributed by atoms with Crippen molar-refractivity contribution >= 4 is 24.3 Å². The Kier molecular flexibility index (Phi) is 7.74. The van der Waals surface area contributed by atoms with Crippen molar-refractivity contribution in [3.8, 4) is 0 Å². The lowest BCUT2D eigenvalue weighted by atomic mass is 10.1. The average Bonchev–Trinajstić information content (AvgIpc) is 2.38. The van der Waals surface area contributed by atoms with E-state index in [0.29, 0.717) is 6.42 Å². The zero-order chi connectivity index (χ0) is 12.7. The van der Waals surface area contributed by atoms with Gasteiger partial charge in [0, 0.05) is 6.42 Å². The molecule has 0 heterocycles. The predicted octanol–water partition coefficient (Wildman–Crippen LogP) is 0.267. The van der Waals surface area contributed by atoms with Crippen molar-refractivity contribution in [1.82, 2.24) is 5.32 Å². The van der Waals surface area contributed by atoms with Crippen LogP contribution in [0.1, 0.15) is 5.56 Å². The fourth-order valence-corrected chi connectivity index (χ4v) is 1.44. The van der Waals surface area contributed by atoms with E-state index >= 15 is 0 Å². The molecule has 6 heteroatoms. The predicted molar refractivity (Wildman–Crippen MR) is 70.4 cm³/mol. The normalized spacial score (nSPS) is 11.0. The van der Waals surface area contributed by atoms with Crippen LogP contribution in [0.25, 0.3) is 0 Å². The molecule has 1 unspecified atom stereocenters. The summed E-state index contributed by atoms with van der Waals surface area (Å²) in [5.41, 5.74) is 6.14. The summed E-state index contributed by atoms with van der Waals surface area (Å²) in [4.78, 5) is 22.7. The lowest BCUT2D eigenvalue weighted by molar-refractivity contribution is -0.144. The fraction of sp³-hybridized carbons (Fsp3) is 0.333. The Bertz CT molecular complexity index is 384. The molecule has 0 aliphatic heterocycles. The van der Waals surface area contributed by atoms with Crippen LogP contribution in [-0.2, 0) is 20.7 Å². The summed E-state index contributed by atoms with van der Waals surface area (Å²) in [5, 5.41) is 2.53. The van der Waals surface area contributed by atoms with Crippen molar-refractivity contribution in [2.45, 2.75) is 12.5 Å². The van der Waals surface area contributed by atoms with E-state index in [9.17, 15) is 9.59 Å². The van der Waals surface area contributed by atoms with Crippen molar-refractivity contribution in [2.24, 2.45) is 5.73 Å². The van der Waals surface area contributed by atoms with Gasteiger partial charge in [-0.1, -0.05) is 30.3 Å². The zero-order valence-electron chi connectivity index (χ0n) is 10.1. The van der Waals surface area contributed by atoms with Gasteiger partial charge in [0.2, 0.25) is 5.91 Å². The van der Waals surface area contributed by atoms with Gasteiger partial charge in [0.05, 0.1) is 13.7 Å². The van der Waals surface area contributed by atoms with Crippen LogP contribution >= 0.6 is 12.4 Å². The number of hydrogen-bond donors (Lipinski definition) is 2. The van der Waals surface area contributed by atoms with Crippen LogP contribution in [0, 0.1) is 0 Å². The third-order valence-corrected chi connectivity index (χ3v) is 2.29. The summed E-state index contributed by atoms with van der Waals surface area (Å²) in [6, 6.07) is 8.69. The molecule has 0 fully saturated rings. The Labute approximate surface area is 112 Å². The van der Waals surface area contributed by atoms with Gasteiger partial charge in [-0.3, -0.25) is 4.79 Å². The van der Waals surface area contributed by atoms with E-state index in [1.165, 1.54) is 7.11 Å². The second-order valence-corrected chi connectivity index (χ2v) is 3.54. The molecule has 1 amide bonds. The molecule has 0 bridgehead atoms. The Hall–Kier alpha value is -1.59. The second-order valence-electron chi connectivity index (χ2n) is 3.54. The number of nitrogens with one attached hydrogen (secondary N) is 1. The summed E-state index contributed by atoms with van der Waals surface area (Å²) in [5.74, 6) is -0.855. The average molecular weight is 273 g/mol. The van der Waals surface area contributed by atoms with Gasteiger partial charge in [0.1, 0.15) is 6.04 Å². The number of hydrogen-bond acceptors (Lipinski definition) is 4. The molecule has 0 saturated carbocycles. The maximum atomic E-state index is 11.5. The van der Waals surface area contributed by atoms with E-state index in [2.05, 4.69) is 10.1 Å². The molecule has 100 valence electrons. The van der Waals surface area contributed by atoms with Gasteiger partial charge < -0.3 is 15.8 Å². The Morgan fingerprint density at radius 3 is 2.44 bits per heavy atom. The molecule has 0 aliphatic rings. The number of amides is 1. The topological polar surface area (TPSA) is 81.4 Å². The van der Waals surface area contributed by atoms with Gasteiger partial charge in [-0.2, -0.15) is 0 Å². The van der Waals surface area contributed by atoms with Crippen LogP contribution < -0.4 is 11.1 Å². The molecule has 1 aromatic carbocycles. The standard InChI is InChI=1S/C12H16N2O3.ClH/c1-17-12(16)10(14-11(15)8-13)7-9-5-3-2-4-6-9;/h2-6,10H,7-8,13H2,1H3,(H,14,15);1H. The lowest BCUT2D eigenvalue weighted by Crippen LogP contribution is -2.45. The van der Waals surface area contributed by atoms with Crippen molar-refractivity contribution in [1.29, 1.82) is 0 Å². The van der Waals surface area contributed by atoms with Crippen molar-refractivity contribution in [3.63, 3.8) is 0 Å². The number of methoxy groups -OCH3 is 1. The molecule has 0 saturated heterocycles. The minimum atomic E-state index is -0.696. The summed E-state index contributed by atoms with van der Waals surface area (Å²) < 4.78 is 4.64. The molecule has 1 aromatic rings. The maximum Gasteiger partial charge on any atom is 0.328 e. The van der Waals surface area contributed by atoms with E-state index in [4.69, 9.17) is 5.73 Å². The summed E-state index contributed by atoms with van der Waals surface area (Å²) in [6.07, 6.45) is 0.388. The van der Waals surface area contributed by atoms with Crippen LogP contribution in [0.5, 0.6) is 0 Å². The Morgan fingerprint density at radius 2 is 1.94 bits per heavy atom. The minimum Gasteiger partial charge on any atom is -0.467 e. The van der Waals surface area contributed by atoms with Crippen LogP contribution in [-0.4, -0.2) is 31.6 Å². The number of carbonyl (C=O) groups excluding carboxylic acids is 2. The third-order valence-electron chi connectivity index (χ3n) is 2.29. The van der Waals surface area contributed by atoms with E-state index in [0.717, 1.165) is 5.56 Å². The second kappa shape index (κ2) is 8.49. The summed E-state index contributed by atoms with van der Waals surface area (Å²) in [7, 11) is 1.29. The van der Waals surface area contributed by atoms with Crippen LogP contribution in [0.3, 0.4) is 0 Å². The highest BCUT2D eigenvalue weighted by atomic mass is 35.5. The van der Waals surface area contributed by atoms with Gasteiger partial charge in [-0.05, 0) is 5.56 Å². The number of nitrogens with two attached hydrogens (primary N) is 1. The minimum absolute atomic E-state index is 0. The number of rotatable bonds is 5. The highest BCUT2D eigenvalue weighted by molar-refractivity contribution is 5.85. The Morgan fingerprint density at radius 1 is 1.33 bits per heavy atom. The molecule has 0 radical (unpaired) electrons. The maximum absolute atomic E-state index is 11.5. The zero-order valence-corrected chi connectivity index (χ0v) is 10.9. The molecular formula is C12H17ClN2O3. The molecule has 0 aromatic heterocycles. The van der Waals surface area contributed by atoms with Gasteiger partial charge in [-0.25, -0.2) is 4.79 Å². The van der Waals surface area contributed by atoms with Crippen molar-refractivity contribution < 1.29 is 14.3 Å². The molecule has 1 atom stereocenters. The van der Waals surface area contributed by atoms with E-state index in [-0.39, 0.29) is 24.9 Å². The molecule has 18 heavy (non-hydrogen) atoms. The van der Waals surface area contributed by atoms with E-state index in [1.54, 1.807) is 0 Å². The first-order valence-corrected chi connectivity index (χ1v) is 5.28. The molecule has 0 spiro atoms. The highest BCUT2D eigenvalue weighted by Gasteiger charge is 2.21. The SMILES string of the molecule is COC(=O)C(Cc1ccccc1)NC(=O)CN.Cl. The fourth-order valence-electron chi connectivity index (χ4n) is 1.44. The molecule has 0 aliphatic carbocycles. The largest absolute Gasteiger partial charge is 0.467 e. The number of benzene rings is 1. The number of halogens is 1. The molecule has 3 N–H and O–H groups in total. The molecular weight excluding hydrogens is 256 g/mol. The molecule has 5 nitrogen and oxygen atoms in total. The smallest absolute Gasteiger partial charge is 0.328 e. The summed E-state index contributed by atoms with van der Waals surface area (Å²) in [6.45, 7) is -0.151. The quantitative estimate of drug-likeness (QED) is 0.754. The van der Waals surface area contributed by atoms with Crippen molar-refractivity contribution in [3.05, 3.63) is 35.9 Å². The lowest BCUT2D eigenvalue weighted by Gasteiger charge is -2.15. The van der Waals surface area contributed by atoms with Crippen LogP contribution in [0.2, 0.25) is 0 Å². The third kappa shape index (κ3) is 5.16. The monoisotopic (exact) mass is 272 g/mol. The Balaban J connectivity index is 0.00000289. The van der Waals surface area contributed by atoms with Crippen molar-refractivity contribution in [2.75, 3.05) is 13.7 Å². The van der Waals surface area contributed by atoms with Gasteiger partial charge in [-0.15, -0.1) is 12.4 Å². The summed E-state index contributed by atoms with van der Waals surface area (Å²) >= 11 is 0. The van der Waals surface area contributed by atoms with E-state index in [1.807, 2.05) is 30.3 Å². The number of ether oxygens (including phenoxy) is 1. The first-order chi connectivity index (χ1) is 8.17.